The first-order valence-electron chi connectivity index (χ1n) is 6.02. The van der Waals surface area contributed by atoms with Gasteiger partial charge in [-0.2, -0.15) is 0 Å². The lowest BCUT2D eigenvalue weighted by atomic mass is 10.1. The summed E-state index contributed by atoms with van der Waals surface area (Å²) in [5.74, 6) is -0.133. The highest BCUT2D eigenvalue weighted by Crippen LogP contribution is 2.33. The van der Waals surface area contributed by atoms with Crippen molar-refractivity contribution in [3.8, 4) is 11.5 Å². The minimum atomic E-state index is -0.640. The van der Waals surface area contributed by atoms with Gasteiger partial charge in [0.1, 0.15) is 5.75 Å². The number of ether oxygens (including phenoxy) is 1. The molecule has 1 atom stereocenters. The number of rotatable bonds is 4. The van der Waals surface area contributed by atoms with Crippen LogP contribution in [0.5, 0.6) is 11.5 Å². The maximum atomic E-state index is 13.8. The second-order valence-corrected chi connectivity index (χ2v) is 4.52. The van der Waals surface area contributed by atoms with Crippen molar-refractivity contribution in [1.82, 2.24) is 0 Å². The van der Waals surface area contributed by atoms with Gasteiger partial charge in [-0.25, -0.2) is 4.39 Å². The SMILES string of the molecule is CC[C@H](O)c1ccccc1Oc1cccc(Cl)c1F. The smallest absolute Gasteiger partial charge is 0.184 e. The second-order valence-electron chi connectivity index (χ2n) is 4.12. The standard InChI is InChI=1S/C15H14ClFO2/c1-2-12(18)10-6-3-4-8-13(10)19-14-9-5-7-11(16)15(14)17/h3-9,12,18H,2H2,1H3/t12-/m0/s1. The summed E-state index contributed by atoms with van der Waals surface area (Å²) < 4.78 is 19.3. The van der Waals surface area contributed by atoms with E-state index in [1.807, 2.05) is 6.92 Å². The Labute approximate surface area is 116 Å². The van der Waals surface area contributed by atoms with Gasteiger partial charge in [0.2, 0.25) is 0 Å². The summed E-state index contributed by atoms with van der Waals surface area (Å²) >= 11 is 5.71. The van der Waals surface area contributed by atoms with Crippen molar-refractivity contribution in [2.45, 2.75) is 19.4 Å². The summed E-state index contributed by atoms with van der Waals surface area (Å²) in [5, 5.41) is 9.92. The molecule has 100 valence electrons. The van der Waals surface area contributed by atoms with E-state index in [-0.39, 0.29) is 10.8 Å². The first-order chi connectivity index (χ1) is 9.13. The molecule has 0 saturated carbocycles. The third kappa shape index (κ3) is 3.06. The fourth-order valence-electron chi connectivity index (χ4n) is 1.75. The van der Waals surface area contributed by atoms with Crippen molar-refractivity contribution in [3.63, 3.8) is 0 Å². The fourth-order valence-corrected chi connectivity index (χ4v) is 1.92. The van der Waals surface area contributed by atoms with E-state index in [0.717, 1.165) is 0 Å². The van der Waals surface area contributed by atoms with Crippen LogP contribution in [0, 0.1) is 5.82 Å². The Morgan fingerprint density at radius 2 is 1.84 bits per heavy atom. The molecule has 0 spiro atoms. The summed E-state index contributed by atoms with van der Waals surface area (Å²) in [4.78, 5) is 0. The van der Waals surface area contributed by atoms with Crippen molar-refractivity contribution in [1.29, 1.82) is 0 Å². The van der Waals surface area contributed by atoms with E-state index in [9.17, 15) is 9.50 Å². The van der Waals surface area contributed by atoms with E-state index in [2.05, 4.69) is 0 Å². The molecule has 0 amide bonds. The Hall–Kier alpha value is -1.58. The van der Waals surface area contributed by atoms with Crippen LogP contribution in [-0.4, -0.2) is 5.11 Å². The summed E-state index contributed by atoms with van der Waals surface area (Å²) in [6.07, 6.45) is -0.0864. The van der Waals surface area contributed by atoms with Crippen molar-refractivity contribution in [2.75, 3.05) is 0 Å². The van der Waals surface area contributed by atoms with E-state index in [1.54, 1.807) is 30.3 Å². The Bertz CT molecular complexity index is 572. The molecule has 4 heteroatoms. The molecular formula is C15H14ClFO2. The number of aliphatic hydroxyl groups is 1. The van der Waals surface area contributed by atoms with Crippen molar-refractivity contribution in [3.05, 3.63) is 58.9 Å². The van der Waals surface area contributed by atoms with E-state index < -0.39 is 11.9 Å². The monoisotopic (exact) mass is 280 g/mol. The molecule has 2 aromatic rings. The summed E-state index contributed by atoms with van der Waals surface area (Å²) in [6, 6.07) is 11.6. The van der Waals surface area contributed by atoms with Gasteiger partial charge >= 0.3 is 0 Å². The predicted molar refractivity (Wildman–Crippen MR) is 73.2 cm³/mol. The minimum Gasteiger partial charge on any atom is -0.454 e. The molecule has 1 N–H and O–H groups in total. The molecule has 0 aliphatic heterocycles. The van der Waals surface area contributed by atoms with Crippen molar-refractivity contribution >= 4 is 11.6 Å². The number of hydrogen-bond acceptors (Lipinski definition) is 2. The topological polar surface area (TPSA) is 29.5 Å². The molecule has 0 unspecified atom stereocenters. The highest BCUT2D eigenvalue weighted by atomic mass is 35.5. The number of para-hydroxylation sites is 1. The van der Waals surface area contributed by atoms with Crippen LogP contribution in [0.15, 0.2) is 42.5 Å². The maximum absolute atomic E-state index is 13.8. The molecule has 0 aliphatic rings. The average molecular weight is 281 g/mol. The normalized spacial score (nSPS) is 12.2. The number of hydrogen-bond donors (Lipinski definition) is 1. The van der Waals surface area contributed by atoms with Gasteiger partial charge in [-0.1, -0.05) is 42.8 Å². The van der Waals surface area contributed by atoms with Crippen LogP contribution in [0.2, 0.25) is 5.02 Å². The van der Waals surface area contributed by atoms with Crippen LogP contribution < -0.4 is 4.74 Å². The van der Waals surface area contributed by atoms with Gasteiger partial charge in [0.25, 0.3) is 0 Å². The summed E-state index contributed by atoms with van der Waals surface area (Å²) in [5.41, 5.74) is 0.629. The van der Waals surface area contributed by atoms with Crippen LogP contribution in [0.25, 0.3) is 0 Å². The van der Waals surface area contributed by atoms with Gasteiger partial charge < -0.3 is 9.84 Å². The average Bonchev–Trinajstić information content (AvgIpc) is 2.43. The lowest BCUT2D eigenvalue weighted by molar-refractivity contribution is 0.170. The number of benzene rings is 2. The van der Waals surface area contributed by atoms with Crippen molar-refractivity contribution in [2.24, 2.45) is 0 Å². The van der Waals surface area contributed by atoms with Crippen LogP contribution in [-0.2, 0) is 0 Å². The zero-order chi connectivity index (χ0) is 13.8. The van der Waals surface area contributed by atoms with Gasteiger partial charge in [-0.15, -0.1) is 0 Å². The molecule has 0 fully saturated rings. The van der Waals surface area contributed by atoms with E-state index in [1.165, 1.54) is 12.1 Å². The van der Waals surface area contributed by atoms with Crippen LogP contribution >= 0.6 is 11.6 Å². The first kappa shape index (κ1) is 13.8. The van der Waals surface area contributed by atoms with E-state index in [4.69, 9.17) is 16.3 Å². The van der Waals surface area contributed by atoms with Crippen LogP contribution in [0.4, 0.5) is 4.39 Å². The number of aliphatic hydroxyl groups excluding tert-OH is 1. The lowest BCUT2D eigenvalue weighted by Crippen LogP contribution is -1.99. The summed E-state index contributed by atoms with van der Waals surface area (Å²) in [7, 11) is 0. The molecule has 0 aromatic heterocycles. The predicted octanol–water partition coefficient (Wildman–Crippen LogP) is 4.71. The third-order valence-electron chi connectivity index (χ3n) is 2.80. The molecule has 0 heterocycles. The highest BCUT2D eigenvalue weighted by Gasteiger charge is 2.14. The molecule has 0 bridgehead atoms. The largest absolute Gasteiger partial charge is 0.454 e. The van der Waals surface area contributed by atoms with Gasteiger partial charge in [0, 0.05) is 5.56 Å². The quantitative estimate of drug-likeness (QED) is 0.878. The van der Waals surface area contributed by atoms with Gasteiger partial charge in [-0.3, -0.25) is 0 Å². The van der Waals surface area contributed by atoms with Crippen LogP contribution in [0.3, 0.4) is 0 Å². The molecule has 2 aromatic carbocycles. The van der Waals surface area contributed by atoms with Gasteiger partial charge in [-0.05, 0) is 24.6 Å². The highest BCUT2D eigenvalue weighted by molar-refractivity contribution is 6.30. The van der Waals surface area contributed by atoms with E-state index >= 15 is 0 Å². The maximum Gasteiger partial charge on any atom is 0.184 e. The Kier molecular flexibility index (Phi) is 4.40. The zero-order valence-corrected chi connectivity index (χ0v) is 11.2. The Morgan fingerprint density at radius 3 is 2.58 bits per heavy atom. The molecule has 2 nitrogen and oxygen atoms in total. The molecule has 0 radical (unpaired) electrons. The molecule has 0 saturated heterocycles. The molecule has 2 rings (SSSR count). The Balaban J connectivity index is 2.36. The Morgan fingerprint density at radius 1 is 1.16 bits per heavy atom. The van der Waals surface area contributed by atoms with Crippen molar-refractivity contribution < 1.29 is 14.2 Å². The third-order valence-corrected chi connectivity index (χ3v) is 3.09. The number of halogens is 2. The second kappa shape index (κ2) is 6.04. The van der Waals surface area contributed by atoms with E-state index in [0.29, 0.717) is 17.7 Å². The molecule has 0 aliphatic carbocycles. The van der Waals surface area contributed by atoms with Gasteiger partial charge in [0.05, 0.1) is 11.1 Å². The van der Waals surface area contributed by atoms with Crippen LogP contribution in [0.1, 0.15) is 25.0 Å². The lowest BCUT2D eigenvalue weighted by Gasteiger charge is -2.15. The molecule has 19 heavy (non-hydrogen) atoms. The molecular weight excluding hydrogens is 267 g/mol. The fraction of sp³-hybridized carbons (Fsp3) is 0.200. The minimum absolute atomic E-state index is 0.00558. The summed E-state index contributed by atoms with van der Waals surface area (Å²) in [6.45, 7) is 1.86. The zero-order valence-electron chi connectivity index (χ0n) is 10.4. The van der Waals surface area contributed by atoms with Gasteiger partial charge in [0.15, 0.2) is 11.6 Å². The first-order valence-corrected chi connectivity index (χ1v) is 6.40.